The van der Waals surface area contributed by atoms with Crippen LogP contribution in [-0.4, -0.2) is 20.0 Å². The Kier molecular flexibility index (Phi) is 4.77. The number of hydrogen-bond acceptors (Lipinski definition) is 3. The van der Waals surface area contributed by atoms with E-state index in [1.54, 1.807) is 38.5 Å². The van der Waals surface area contributed by atoms with E-state index in [1.807, 2.05) is 37.3 Å². The monoisotopic (exact) mass is 282 g/mol. The standard InChI is InChI=1S/C18H18O3/c1-13-12-16(21-3)9-10-17(13)18(19)11-6-14-4-7-15(20-2)8-5-14/h4-12H,1-3H3. The molecule has 0 atom stereocenters. The molecule has 0 aliphatic carbocycles. The minimum absolute atomic E-state index is 0.0222. The highest BCUT2D eigenvalue weighted by atomic mass is 16.5. The number of methoxy groups -OCH3 is 2. The van der Waals surface area contributed by atoms with Gasteiger partial charge < -0.3 is 9.47 Å². The van der Waals surface area contributed by atoms with E-state index in [-0.39, 0.29) is 5.78 Å². The average Bonchev–Trinajstić information content (AvgIpc) is 2.52. The Morgan fingerprint density at radius 2 is 1.57 bits per heavy atom. The summed E-state index contributed by atoms with van der Waals surface area (Å²) < 4.78 is 10.2. The summed E-state index contributed by atoms with van der Waals surface area (Å²) in [6.07, 6.45) is 3.38. The lowest BCUT2D eigenvalue weighted by molar-refractivity contribution is 0.104. The predicted molar refractivity (Wildman–Crippen MR) is 84.1 cm³/mol. The molecule has 2 aromatic rings. The highest BCUT2D eigenvalue weighted by Crippen LogP contribution is 2.18. The molecule has 3 heteroatoms. The van der Waals surface area contributed by atoms with E-state index in [9.17, 15) is 4.79 Å². The molecule has 108 valence electrons. The Labute approximate surface area is 124 Å². The Morgan fingerprint density at radius 1 is 0.952 bits per heavy atom. The van der Waals surface area contributed by atoms with Crippen LogP contribution in [0.5, 0.6) is 11.5 Å². The van der Waals surface area contributed by atoms with Crippen molar-refractivity contribution in [1.29, 1.82) is 0 Å². The van der Waals surface area contributed by atoms with Gasteiger partial charge in [-0.3, -0.25) is 4.79 Å². The van der Waals surface area contributed by atoms with E-state index in [2.05, 4.69) is 0 Å². The molecule has 2 rings (SSSR count). The van der Waals surface area contributed by atoms with Crippen LogP contribution < -0.4 is 9.47 Å². The topological polar surface area (TPSA) is 35.5 Å². The van der Waals surface area contributed by atoms with Crippen LogP contribution in [0, 0.1) is 6.92 Å². The maximum atomic E-state index is 12.2. The summed E-state index contributed by atoms with van der Waals surface area (Å²) in [7, 11) is 3.24. The van der Waals surface area contributed by atoms with E-state index < -0.39 is 0 Å². The maximum absolute atomic E-state index is 12.2. The normalized spacial score (nSPS) is 10.6. The number of ether oxygens (including phenoxy) is 2. The quantitative estimate of drug-likeness (QED) is 0.616. The molecule has 0 aliphatic heterocycles. The van der Waals surface area contributed by atoms with E-state index in [1.165, 1.54) is 0 Å². The lowest BCUT2D eigenvalue weighted by Gasteiger charge is -2.05. The second-order valence-corrected chi connectivity index (χ2v) is 4.65. The summed E-state index contributed by atoms with van der Waals surface area (Å²) in [5.41, 5.74) is 2.54. The van der Waals surface area contributed by atoms with Crippen molar-refractivity contribution in [2.45, 2.75) is 6.92 Å². The molecule has 3 nitrogen and oxygen atoms in total. The lowest BCUT2D eigenvalue weighted by Crippen LogP contribution is -1.98. The number of aryl methyl sites for hydroxylation is 1. The summed E-state index contributed by atoms with van der Waals surface area (Å²) in [5.74, 6) is 1.53. The molecule has 0 amide bonds. The van der Waals surface area contributed by atoms with Crippen molar-refractivity contribution < 1.29 is 14.3 Å². The first-order valence-corrected chi connectivity index (χ1v) is 6.65. The van der Waals surface area contributed by atoms with Gasteiger partial charge in [0, 0.05) is 5.56 Å². The smallest absolute Gasteiger partial charge is 0.186 e. The molecule has 0 unspecified atom stereocenters. The zero-order chi connectivity index (χ0) is 15.2. The highest BCUT2D eigenvalue weighted by Gasteiger charge is 2.06. The van der Waals surface area contributed by atoms with E-state index >= 15 is 0 Å². The van der Waals surface area contributed by atoms with Crippen molar-refractivity contribution in [2.24, 2.45) is 0 Å². The highest BCUT2D eigenvalue weighted by molar-refractivity contribution is 6.07. The number of carbonyl (C=O) groups excluding carboxylic acids is 1. The zero-order valence-electron chi connectivity index (χ0n) is 12.4. The van der Waals surface area contributed by atoms with Crippen molar-refractivity contribution in [3.63, 3.8) is 0 Å². The number of rotatable bonds is 5. The molecular weight excluding hydrogens is 264 g/mol. The lowest BCUT2D eigenvalue weighted by atomic mass is 10.0. The van der Waals surface area contributed by atoms with Crippen molar-refractivity contribution in [2.75, 3.05) is 14.2 Å². The van der Waals surface area contributed by atoms with Gasteiger partial charge in [0.25, 0.3) is 0 Å². The fourth-order valence-electron chi connectivity index (χ4n) is 2.02. The molecule has 0 N–H and O–H groups in total. The molecule has 0 aliphatic rings. The summed E-state index contributed by atoms with van der Waals surface area (Å²) in [5, 5.41) is 0. The van der Waals surface area contributed by atoms with Gasteiger partial charge in [-0.05, 0) is 54.5 Å². The fourth-order valence-corrected chi connectivity index (χ4v) is 2.02. The molecule has 0 spiro atoms. The van der Waals surface area contributed by atoms with Gasteiger partial charge in [0.1, 0.15) is 11.5 Å². The van der Waals surface area contributed by atoms with Gasteiger partial charge in [0.15, 0.2) is 5.78 Å². The molecule has 0 radical (unpaired) electrons. The summed E-state index contributed by atoms with van der Waals surface area (Å²) in [6, 6.07) is 13.0. The van der Waals surface area contributed by atoms with Gasteiger partial charge in [-0.1, -0.05) is 18.2 Å². The van der Waals surface area contributed by atoms with Crippen LogP contribution in [0.3, 0.4) is 0 Å². The number of allylic oxidation sites excluding steroid dienone is 1. The summed E-state index contributed by atoms with van der Waals surface area (Å²) in [4.78, 5) is 12.2. The van der Waals surface area contributed by atoms with Crippen LogP contribution in [0.4, 0.5) is 0 Å². The second kappa shape index (κ2) is 6.75. The maximum Gasteiger partial charge on any atom is 0.186 e. The number of hydrogen-bond donors (Lipinski definition) is 0. The van der Waals surface area contributed by atoms with E-state index in [0.29, 0.717) is 5.56 Å². The van der Waals surface area contributed by atoms with Crippen molar-refractivity contribution in [3.8, 4) is 11.5 Å². The molecule has 0 fully saturated rings. The molecule has 0 saturated heterocycles. The van der Waals surface area contributed by atoms with Gasteiger partial charge in [-0.2, -0.15) is 0 Å². The number of benzene rings is 2. The minimum Gasteiger partial charge on any atom is -0.497 e. The minimum atomic E-state index is -0.0222. The number of carbonyl (C=O) groups is 1. The molecule has 0 bridgehead atoms. The largest absolute Gasteiger partial charge is 0.497 e. The van der Waals surface area contributed by atoms with E-state index in [0.717, 1.165) is 22.6 Å². The van der Waals surface area contributed by atoms with Crippen molar-refractivity contribution in [3.05, 3.63) is 65.2 Å². The van der Waals surface area contributed by atoms with Gasteiger partial charge in [-0.15, -0.1) is 0 Å². The van der Waals surface area contributed by atoms with Crippen molar-refractivity contribution in [1.82, 2.24) is 0 Å². The first-order chi connectivity index (χ1) is 10.1. The van der Waals surface area contributed by atoms with E-state index in [4.69, 9.17) is 9.47 Å². The molecule has 0 saturated carbocycles. The first kappa shape index (κ1) is 14.9. The van der Waals surface area contributed by atoms with Crippen molar-refractivity contribution >= 4 is 11.9 Å². The molecule has 0 aromatic heterocycles. The average molecular weight is 282 g/mol. The van der Waals surface area contributed by atoms with Crippen LogP contribution >= 0.6 is 0 Å². The molecule has 2 aromatic carbocycles. The Bertz CT molecular complexity index is 655. The van der Waals surface area contributed by atoms with Crippen LogP contribution in [0.25, 0.3) is 6.08 Å². The zero-order valence-corrected chi connectivity index (χ0v) is 12.4. The van der Waals surface area contributed by atoms with Gasteiger partial charge in [0.2, 0.25) is 0 Å². The molecular formula is C18H18O3. The third kappa shape index (κ3) is 3.72. The third-order valence-electron chi connectivity index (χ3n) is 3.24. The Balaban J connectivity index is 2.14. The number of ketones is 1. The summed E-state index contributed by atoms with van der Waals surface area (Å²) in [6.45, 7) is 1.90. The van der Waals surface area contributed by atoms with Crippen LogP contribution in [0.15, 0.2) is 48.5 Å². The SMILES string of the molecule is COc1ccc(C=CC(=O)c2ccc(OC)cc2C)cc1. The fraction of sp³-hybridized carbons (Fsp3) is 0.167. The Morgan fingerprint density at radius 3 is 2.14 bits per heavy atom. The third-order valence-corrected chi connectivity index (χ3v) is 3.24. The van der Waals surface area contributed by atoms with Gasteiger partial charge in [-0.25, -0.2) is 0 Å². The van der Waals surface area contributed by atoms with Crippen LogP contribution in [0.1, 0.15) is 21.5 Å². The first-order valence-electron chi connectivity index (χ1n) is 6.65. The second-order valence-electron chi connectivity index (χ2n) is 4.65. The van der Waals surface area contributed by atoms with Gasteiger partial charge in [0.05, 0.1) is 14.2 Å². The molecule has 0 heterocycles. The van der Waals surface area contributed by atoms with Crippen LogP contribution in [0.2, 0.25) is 0 Å². The Hall–Kier alpha value is -2.55. The molecule has 21 heavy (non-hydrogen) atoms. The predicted octanol–water partition coefficient (Wildman–Crippen LogP) is 3.91. The summed E-state index contributed by atoms with van der Waals surface area (Å²) >= 11 is 0. The van der Waals surface area contributed by atoms with Crippen LogP contribution in [-0.2, 0) is 0 Å². The van der Waals surface area contributed by atoms with Gasteiger partial charge >= 0.3 is 0 Å².